The number of anilines is 1. The Balaban J connectivity index is 0.000000383. The van der Waals surface area contributed by atoms with Crippen LogP contribution < -0.4 is 5.32 Å². The number of benzene rings is 1. The van der Waals surface area contributed by atoms with E-state index in [1.807, 2.05) is 42.8 Å². The predicted molar refractivity (Wildman–Crippen MR) is 119 cm³/mol. The highest BCUT2D eigenvalue weighted by Crippen LogP contribution is 2.33. The van der Waals surface area contributed by atoms with Gasteiger partial charge in [0.1, 0.15) is 5.69 Å². The van der Waals surface area contributed by atoms with Crippen molar-refractivity contribution in [3.8, 4) is 0 Å². The van der Waals surface area contributed by atoms with Gasteiger partial charge in [-0.2, -0.15) is 13.2 Å². The number of para-hydroxylation sites is 1. The molecule has 3 heterocycles. The van der Waals surface area contributed by atoms with Crippen molar-refractivity contribution in [2.75, 3.05) is 5.32 Å². The summed E-state index contributed by atoms with van der Waals surface area (Å²) < 4.78 is 36.0. The van der Waals surface area contributed by atoms with Crippen LogP contribution in [0.1, 0.15) is 36.1 Å². The minimum absolute atomic E-state index is 0.131. The van der Waals surface area contributed by atoms with E-state index in [-0.39, 0.29) is 5.91 Å². The van der Waals surface area contributed by atoms with Gasteiger partial charge in [0.05, 0.1) is 28.4 Å². The maximum Gasteiger partial charge on any atom is 0.490 e. The van der Waals surface area contributed by atoms with Crippen LogP contribution in [0.5, 0.6) is 0 Å². The van der Waals surface area contributed by atoms with E-state index in [9.17, 15) is 18.0 Å². The van der Waals surface area contributed by atoms with Crippen molar-refractivity contribution in [1.29, 1.82) is 0 Å². The summed E-state index contributed by atoms with van der Waals surface area (Å²) >= 11 is 0. The number of alkyl halides is 3. The predicted octanol–water partition coefficient (Wildman–Crippen LogP) is 5.30. The largest absolute Gasteiger partial charge is 0.490 e. The van der Waals surface area contributed by atoms with Crippen LogP contribution in [0.2, 0.25) is 0 Å². The standard InChI is InChI=1S/C21H22N4O.C2HF3O2/c1-13(2)25-17-8-6-5-7-16(17)20-18(25)11-19(24(20)4)21(26)23-15-10-9-14(3)22-12-15;3-2(4,5)1(6)7/h5-13H,1-4H3,(H,23,26);(H,6,7). The second kappa shape index (κ2) is 8.97. The van der Waals surface area contributed by atoms with Crippen LogP contribution in [0.3, 0.4) is 0 Å². The highest BCUT2D eigenvalue weighted by molar-refractivity contribution is 6.12. The molecule has 2 N–H and O–H groups in total. The molecule has 4 rings (SSSR count). The van der Waals surface area contributed by atoms with Gasteiger partial charge in [-0.3, -0.25) is 9.78 Å². The van der Waals surface area contributed by atoms with Crippen molar-refractivity contribution in [2.45, 2.75) is 33.0 Å². The van der Waals surface area contributed by atoms with Crippen LogP contribution in [0.25, 0.3) is 21.9 Å². The number of hydrogen-bond donors (Lipinski definition) is 2. The molecule has 0 saturated heterocycles. The molecule has 10 heteroatoms. The van der Waals surface area contributed by atoms with Crippen LogP contribution in [0, 0.1) is 6.92 Å². The minimum Gasteiger partial charge on any atom is -0.475 e. The zero-order chi connectivity index (χ0) is 24.5. The number of carbonyl (C=O) groups excluding carboxylic acids is 1. The van der Waals surface area contributed by atoms with Gasteiger partial charge in [-0.25, -0.2) is 4.79 Å². The van der Waals surface area contributed by atoms with Gasteiger partial charge in [-0.05, 0) is 45.0 Å². The van der Waals surface area contributed by atoms with E-state index in [4.69, 9.17) is 9.90 Å². The molecular weight excluding hydrogens is 437 g/mol. The molecule has 33 heavy (non-hydrogen) atoms. The van der Waals surface area contributed by atoms with E-state index in [0.29, 0.717) is 17.4 Å². The zero-order valence-corrected chi connectivity index (χ0v) is 18.4. The van der Waals surface area contributed by atoms with Crippen LogP contribution in [0.15, 0.2) is 48.7 Å². The summed E-state index contributed by atoms with van der Waals surface area (Å²) in [7, 11) is 1.95. The Hall–Kier alpha value is -3.82. The number of carboxylic acid groups (broad SMARTS) is 1. The van der Waals surface area contributed by atoms with Gasteiger partial charge in [0.2, 0.25) is 0 Å². The van der Waals surface area contributed by atoms with Crippen LogP contribution in [-0.2, 0) is 11.8 Å². The lowest BCUT2D eigenvalue weighted by molar-refractivity contribution is -0.192. The maximum atomic E-state index is 12.8. The number of nitrogens with one attached hydrogen (secondary N) is 1. The van der Waals surface area contributed by atoms with Crippen LogP contribution in [-0.4, -0.2) is 37.3 Å². The number of pyridine rings is 1. The fraction of sp³-hybridized carbons (Fsp3) is 0.261. The third-order valence-corrected chi connectivity index (χ3v) is 5.05. The molecule has 0 fully saturated rings. The molecule has 174 valence electrons. The summed E-state index contributed by atoms with van der Waals surface area (Å²) in [5.41, 5.74) is 5.61. The molecule has 4 aromatic rings. The Morgan fingerprint density at radius 3 is 2.27 bits per heavy atom. The molecule has 0 unspecified atom stereocenters. The number of hydrogen-bond acceptors (Lipinski definition) is 3. The molecule has 7 nitrogen and oxygen atoms in total. The molecule has 0 aliphatic heterocycles. The summed E-state index contributed by atoms with van der Waals surface area (Å²) in [4.78, 5) is 26.0. The Morgan fingerprint density at radius 1 is 1.09 bits per heavy atom. The second-order valence-electron chi connectivity index (χ2n) is 7.75. The first-order valence-corrected chi connectivity index (χ1v) is 10.0. The van der Waals surface area contributed by atoms with E-state index >= 15 is 0 Å². The molecule has 3 aromatic heterocycles. The number of fused-ring (bicyclic) bond motifs is 3. The number of carboxylic acids is 1. The lowest BCUT2D eigenvalue weighted by atomic mass is 10.2. The molecular formula is C23H23F3N4O3. The second-order valence-corrected chi connectivity index (χ2v) is 7.75. The number of aliphatic carboxylic acids is 1. The van der Waals surface area contributed by atoms with Crippen molar-refractivity contribution >= 4 is 39.5 Å². The van der Waals surface area contributed by atoms with Crippen molar-refractivity contribution in [3.63, 3.8) is 0 Å². The smallest absolute Gasteiger partial charge is 0.475 e. The van der Waals surface area contributed by atoms with Crippen molar-refractivity contribution in [3.05, 3.63) is 60.0 Å². The van der Waals surface area contributed by atoms with E-state index < -0.39 is 12.1 Å². The van der Waals surface area contributed by atoms with Crippen molar-refractivity contribution in [2.24, 2.45) is 7.05 Å². The van der Waals surface area contributed by atoms with Gasteiger partial charge in [-0.15, -0.1) is 0 Å². The van der Waals surface area contributed by atoms with E-state index in [1.165, 1.54) is 5.52 Å². The zero-order valence-electron chi connectivity index (χ0n) is 18.4. The lowest BCUT2D eigenvalue weighted by Crippen LogP contribution is -2.21. The number of aryl methyl sites for hydroxylation is 2. The Morgan fingerprint density at radius 2 is 1.73 bits per heavy atom. The van der Waals surface area contributed by atoms with Crippen LogP contribution >= 0.6 is 0 Å². The minimum atomic E-state index is -5.08. The van der Waals surface area contributed by atoms with E-state index in [2.05, 4.69) is 46.9 Å². The number of nitrogens with zero attached hydrogens (tertiary/aromatic N) is 3. The number of aromatic nitrogens is 3. The monoisotopic (exact) mass is 460 g/mol. The molecule has 0 aliphatic rings. The first-order valence-electron chi connectivity index (χ1n) is 10.0. The first-order chi connectivity index (χ1) is 15.4. The Kier molecular flexibility index (Phi) is 6.48. The number of amides is 1. The molecule has 1 aromatic carbocycles. The summed E-state index contributed by atoms with van der Waals surface area (Å²) in [6.07, 6.45) is -3.40. The SMILES string of the molecule is Cc1ccc(NC(=O)c2cc3c(c4ccccc4n3C(C)C)n2C)cn1.O=C(O)C(F)(F)F. The maximum absolute atomic E-state index is 12.8. The van der Waals surface area contributed by atoms with E-state index in [1.54, 1.807) is 6.20 Å². The van der Waals surface area contributed by atoms with E-state index in [0.717, 1.165) is 22.1 Å². The fourth-order valence-corrected chi connectivity index (χ4v) is 3.61. The molecule has 0 radical (unpaired) electrons. The van der Waals surface area contributed by atoms with Crippen molar-refractivity contribution in [1.82, 2.24) is 14.1 Å². The fourth-order valence-electron chi connectivity index (χ4n) is 3.61. The molecule has 0 atom stereocenters. The summed E-state index contributed by atoms with van der Waals surface area (Å²) in [6, 6.07) is 14.4. The topological polar surface area (TPSA) is 89.2 Å². The Bertz CT molecular complexity index is 1320. The Labute approximate surface area is 187 Å². The first kappa shape index (κ1) is 23.8. The quantitative estimate of drug-likeness (QED) is 0.434. The molecule has 0 bridgehead atoms. The van der Waals surface area contributed by atoms with Crippen molar-refractivity contribution < 1.29 is 27.9 Å². The number of halogens is 3. The van der Waals surface area contributed by atoms with Gasteiger partial charge in [0.15, 0.2) is 0 Å². The highest BCUT2D eigenvalue weighted by atomic mass is 19.4. The summed E-state index contributed by atoms with van der Waals surface area (Å²) in [5.74, 6) is -2.89. The number of rotatable bonds is 3. The molecule has 0 spiro atoms. The molecule has 0 aliphatic carbocycles. The lowest BCUT2D eigenvalue weighted by Gasteiger charge is -2.10. The summed E-state index contributed by atoms with van der Waals surface area (Å²) in [6.45, 7) is 6.25. The third-order valence-electron chi connectivity index (χ3n) is 5.05. The molecule has 0 saturated carbocycles. The van der Waals surface area contributed by atoms with Gasteiger partial charge in [-0.1, -0.05) is 18.2 Å². The van der Waals surface area contributed by atoms with Gasteiger partial charge < -0.3 is 19.6 Å². The summed E-state index contributed by atoms with van der Waals surface area (Å²) in [5, 5.41) is 11.2. The third kappa shape index (κ3) is 4.84. The average Bonchev–Trinajstić information content (AvgIpc) is 3.24. The highest BCUT2D eigenvalue weighted by Gasteiger charge is 2.38. The van der Waals surface area contributed by atoms with Gasteiger partial charge in [0.25, 0.3) is 5.91 Å². The normalized spacial score (nSPS) is 11.5. The van der Waals surface area contributed by atoms with Crippen LogP contribution in [0.4, 0.5) is 18.9 Å². The van der Waals surface area contributed by atoms with Gasteiger partial charge in [0, 0.05) is 24.2 Å². The molecule has 1 amide bonds. The number of carbonyl (C=O) groups is 2. The van der Waals surface area contributed by atoms with Gasteiger partial charge >= 0.3 is 12.1 Å². The average molecular weight is 460 g/mol.